The van der Waals surface area contributed by atoms with Gasteiger partial charge in [0.25, 0.3) is 0 Å². The summed E-state index contributed by atoms with van der Waals surface area (Å²) in [6.07, 6.45) is 3.85. The van der Waals surface area contributed by atoms with Crippen molar-refractivity contribution in [3.63, 3.8) is 0 Å². The smallest absolute Gasteiger partial charge is 0.0349 e. The Morgan fingerprint density at radius 2 is 0.892 bits per heavy atom. The molecule has 0 aliphatic rings. The van der Waals surface area contributed by atoms with Crippen LogP contribution in [0.3, 0.4) is 0 Å². The number of aryl methyl sites for hydroxylation is 1. The molecule has 174 valence electrons. The van der Waals surface area contributed by atoms with Crippen LogP contribution in [0.2, 0.25) is 0 Å². The molecule has 0 saturated carbocycles. The molecule has 1 heteroatoms. The maximum Gasteiger partial charge on any atom is 0.0349 e. The van der Waals surface area contributed by atoms with E-state index in [1.54, 1.807) is 0 Å². The summed E-state index contributed by atoms with van der Waals surface area (Å²) < 4.78 is 0. The van der Waals surface area contributed by atoms with Crippen LogP contribution >= 0.6 is 0 Å². The molecule has 1 heterocycles. The molecule has 0 amide bonds. The van der Waals surface area contributed by atoms with E-state index in [4.69, 9.17) is 0 Å². The first-order valence-corrected chi connectivity index (χ1v) is 12.7. The summed E-state index contributed by atoms with van der Waals surface area (Å²) in [4.78, 5) is 4.43. The molecule has 0 spiro atoms. The number of hydrogen-bond acceptors (Lipinski definition) is 1. The Labute approximate surface area is 216 Å². The van der Waals surface area contributed by atoms with Crippen molar-refractivity contribution in [2.75, 3.05) is 0 Å². The Bertz CT molecular complexity index is 1880. The molecule has 1 aromatic heterocycles. The van der Waals surface area contributed by atoms with Crippen molar-refractivity contribution in [2.24, 2.45) is 0 Å². The van der Waals surface area contributed by atoms with E-state index in [1.807, 2.05) is 12.4 Å². The zero-order chi connectivity index (χ0) is 24.8. The third kappa shape index (κ3) is 3.43. The minimum absolute atomic E-state index is 1.18. The monoisotopic (exact) mass is 471 g/mol. The standard InChI is InChI=1S/C36H25N/c1-24-21-22-37-23-34(24)28-19-20-33(27-14-6-5-13-26(27)28)36-31-17-9-7-15-29(31)35(25-11-3-2-4-12-25)30-16-8-10-18-32(30)36/h2-23H,1H3. The van der Waals surface area contributed by atoms with E-state index in [0.29, 0.717) is 0 Å². The second-order valence-corrected chi connectivity index (χ2v) is 9.60. The van der Waals surface area contributed by atoms with Crippen molar-refractivity contribution in [3.05, 3.63) is 139 Å². The van der Waals surface area contributed by atoms with E-state index in [1.165, 1.54) is 71.3 Å². The molecule has 0 N–H and O–H groups in total. The highest BCUT2D eigenvalue weighted by atomic mass is 14.6. The molecule has 0 unspecified atom stereocenters. The summed E-state index contributed by atoms with van der Waals surface area (Å²) in [7, 11) is 0. The highest BCUT2D eigenvalue weighted by Gasteiger charge is 2.18. The third-order valence-electron chi connectivity index (χ3n) is 7.52. The Morgan fingerprint density at radius 1 is 0.405 bits per heavy atom. The molecule has 0 atom stereocenters. The molecular formula is C36H25N. The number of pyridine rings is 1. The van der Waals surface area contributed by atoms with Crippen molar-refractivity contribution >= 4 is 32.3 Å². The van der Waals surface area contributed by atoms with Gasteiger partial charge in [0.05, 0.1) is 0 Å². The molecule has 0 aliphatic carbocycles. The maximum absolute atomic E-state index is 4.43. The van der Waals surface area contributed by atoms with Crippen molar-refractivity contribution in [1.29, 1.82) is 0 Å². The first-order chi connectivity index (χ1) is 18.3. The van der Waals surface area contributed by atoms with E-state index >= 15 is 0 Å². The van der Waals surface area contributed by atoms with Crippen LogP contribution in [0, 0.1) is 6.92 Å². The summed E-state index contributed by atoms with van der Waals surface area (Å²) in [5.74, 6) is 0. The quantitative estimate of drug-likeness (QED) is 0.234. The van der Waals surface area contributed by atoms with Crippen LogP contribution in [0.1, 0.15) is 5.56 Å². The van der Waals surface area contributed by atoms with E-state index in [-0.39, 0.29) is 0 Å². The van der Waals surface area contributed by atoms with Gasteiger partial charge in [-0.15, -0.1) is 0 Å². The maximum atomic E-state index is 4.43. The van der Waals surface area contributed by atoms with E-state index in [0.717, 1.165) is 0 Å². The number of benzene rings is 6. The Kier molecular flexibility index (Phi) is 5.08. The van der Waals surface area contributed by atoms with Crippen molar-refractivity contribution in [3.8, 4) is 33.4 Å². The topological polar surface area (TPSA) is 12.9 Å². The number of fused-ring (bicyclic) bond motifs is 3. The van der Waals surface area contributed by atoms with Gasteiger partial charge in [-0.25, -0.2) is 0 Å². The number of aromatic nitrogens is 1. The van der Waals surface area contributed by atoms with Crippen LogP contribution in [0.5, 0.6) is 0 Å². The normalized spacial score (nSPS) is 11.4. The van der Waals surface area contributed by atoms with Crippen molar-refractivity contribution in [2.45, 2.75) is 6.92 Å². The van der Waals surface area contributed by atoms with E-state index in [9.17, 15) is 0 Å². The zero-order valence-electron chi connectivity index (χ0n) is 20.6. The molecule has 0 aliphatic heterocycles. The molecular weight excluding hydrogens is 446 g/mol. The number of rotatable bonds is 3. The number of hydrogen-bond donors (Lipinski definition) is 0. The third-order valence-corrected chi connectivity index (χ3v) is 7.52. The fourth-order valence-corrected chi connectivity index (χ4v) is 5.83. The lowest BCUT2D eigenvalue weighted by atomic mass is 9.83. The fraction of sp³-hybridized carbons (Fsp3) is 0.0278. The molecule has 1 nitrogen and oxygen atoms in total. The Hall–Kier alpha value is -4.75. The van der Waals surface area contributed by atoms with Gasteiger partial charge in [0, 0.05) is 18.0 Å². The van der Waals surface area contributed by atoms with Gasteiger partial charge in [-0.3, -0.25) is 4.98 Å². The van der Waals surface area contributed by atoms with Gasteiger partial charge in [0.2, 0.25) is 0 Å². The van der Waals surface area contributed by atoms with Gasteiger partial charge in [0.15, 0.2) is 0 Å². The van der Waals surface area contributed by atoms with Gasteiger partial charge < -0.3 is 0 Å². The van der Waals surface area contributed by atoms with Gasteiger partial charge in [-0.1, -0.05) is 115 Å². The molecule has 0 saturated heterocycles. The molecule has 6 aromatic carbocycles. The molecule has 0 fully saturated rings. The largest absolute Gasteiger partial charge is 0.264 e. The van der Waals surface area contributed by atoms with E-state index < -0.39 is 0 Å². The van der Waals surface area contributed by atoms with Gasteiger partial charge >= 0.3 is 0 Å². The molecule has 7 rings (SSSR count). The zero-order valence-corrected chi connectivity index (χ0v) is 20.6. The molecule has 7 aromatic rings. The molecule has 37 heavy (non-hydrogen) atoms. The SMILES string of the molecule is Cc1ccncc1-c1ccc(-c2c3ccccc3c(-c3ccccc3)c3ccccc23)c2ccccc12. The van der Waals surface area contributed by atoms with Gasteiger partial charge in [-0.05, 0) is 78.7 Å². The van der Waals surface area contributed by atoms with Crippen LogP contribution in [0.15, 0.2) is 134 Å². The first-order valence-electron chi connectivity index (χ1n) is 12.7. The van der Waals surface area contributed by atoms with Crippen LogP contribution in [-0.4, -0.2) is 4.98 Å². The predicted molar refractivity (Wildman–Crippen MR) is 158 cm³/mol. The lowest BCUT2D eigenvalue weighted by Crippen LogP contribution is -1.93. The van der Waals surface area contributed by atoms with Gasteiger partial charge in [-0.2, -0.15) is 0 Å². The summed E-state index contributed by atoms with van der Waals surface area (Å²) in [6.45, 7) is 2.16. The first kappa shape index (κ1) is 21.5. The Balaban J connectivity index is 1.62. The lowest BCUT2D eigenvalue weighted by molar-refractivity contribution is 1.29. The summed E-state index contributed by atoms with van der Waals surface area (Å²) in [5.41, 5.74) is 8.72. The summed E-state index contributed by atoms with van der Waals surface area (Å²) >= 11 is 0. The van der Waals surface area contributed by atoms with Crippen molar-refractivity contribution < 1.29 is 0 Å². The average molecular weight is 472 g/mol. The van der Waals surface area contributed by atoms with Crippen LogP contribution < -0.4 is 0 Å². The lowest BCUT2D eigenvalue weighted by Gasteiger charge is -2.19. The van der Waals surface area contributed by atoms with Crippen molar-refractivity contribution in [1.82, 2.24) is 4.98 Å². The van der Waals surface area contributed by atoms with E-state index in [2.05, 4.69) is 133 Å². The highest BCUT2D eigenvalue weighted by molar-refractivity contribution is 6.24. The minimum Gasteiger partial charge on any atom is -0.264 e. The molecule has 0 bridgehead atoms. The van der Waals surface area contributed by atoms with Crippen LogP contribution in [-0.2, 0) is 0 Å². The average Bonchev–Trinajstić information content (AvgIpc) is 2.96. The number of nitrogens with zero attached hydrogens (tertiary/aromatic N) is 1. The summed E-state index contributed by atoms with van der Waals surface area (Å²) in [6, 6.07) is 43.9. The van der Waals surface area contributed by atoms with Crippen LogP contribution in [0.4, 0.5) is 0 Å². The molecule has 0 radical (unpaired) electrons. The second kappa shape index (κ2) is 8.72. The summed E-state index contributed by atoms with van der Waals surface area (Å²) in [5, 5.41) is 7.60. The van der Waals surface area contributed by atoms with Gasteiger partial charge in [0.1, 0.15) is 0 Å². The second-order valence-electron chi connectivity index (χ2n) is 9.60. The predicted octanol–water partition coefficient (Wildman–Crippen LogP) is 9.85. The highest BCUT2D eigenvalue weighted by Crippen LogP contribution is 2.46. The minimum atomic E-state index is 1.18. The van der Waals surface area contributed by atoms with Crippen LogP contribution in [0.25, 0.3) is 65.7 Å². The fourth-order valence-electron chi connectivity index (χ4n) is 5.83. The Morgan fingerprint density at radius 3 is 1.49 bits per heavy atom.